The van der Waals surface area contributed by atoms with Gasteiger partial charge in [0.25, 0.3) is 0 Å². The molecule has 0 N–H and O–H groups in total. The third kappa shape index (κ3) is 3.31. The predicted molar refractivity (Wildman–Crippen MR) is 90.8 cm³/mol. The molecule has 1 aromatic rings. The summed E-state index contributed by atoms with van der Waals surface area (Å²) in [7, 11) is 0. The van der Waals surface area contributed by atoms with Crippen LogP contribution in [0, 0.1) is 5.41 Å². The van der Waals surface area contributed by atoms with Gasteiger partial charge < -0.3 is 14.2 Å². The zero-order chi connectivity index (χ0) is 17.3. The Morgan fingerprint density at radius 3 is 2.84 bits per heavy atom. The predicted octanol–water partition coefficient (Wildman–Crippen LogP) is 1.63. The first-order chi connectivity index (χ1) is 12.2. The van der Waals surface area contributed by atoms with Gasteiger partial charge in [-0.3, -0.25) is 9.69 Å². The average Bonchev–Trinajstić information content (AvgIpc) is 3.26. The van der Waals surface area contributed by atoms with Crippen LogP contribution in [0.25, 0.3) is 0 Å². The van der Waals surface area contributed by atoms with Gasteiger partial charge in [-0.15, -0.1) is 0 Å². The molecule has 0 bridgehead atoms. The fourth-order valence-electron chi connectivity index (χ4n) is 4.61. The fourth-order valence-corrected chi connectivity index (χ4v) is 4.61. The maximum Gasteiger partial charge on any atom is 0.240 e. The van der Waals surface area contributed by atoms with Crippen molar-refractivity contribution in [2.75, 3.05) is 32.8 Å². The number of rotatable bonds is 4. The van der Waals surface area contributed by atoms with E-state index in [0.717, 1.165) is 77.2 Å². The van der Waals surface area contributed by atoms with Crippen LogP contribution in [0.3, 0.4) is 0 Å². The van der Waals surface area contributed by atoms with E-state index < -0.39 is 0 Å². The molecule has 0 radical (unpaired) electrons. The quantitative estimate of drug-likeness (QED) is 0.823. The number of ether oxygens (including phenoxy) is 1. The van der Waals surface area contributed by atoms with Crippen molar-refractivity contribution in [1.82, 2.24) is 19.9 Å². The van der Waals surface area contributed by atoms with Gasteiger partial charge in [-0.25, -0.2) is 0 Å². The second kappa shape index (κ2) is 7.03. The zero-order valence-electron chi connectivity index (χ0n) is 15.1. The molecule has 3 saturated heterocycles. The van der Waals surface area contributed by atoms with Crippen LogP contribution in [0.1, 0.15) is 50.7 Å². The summed E-state index contributed by atoms with van der Waals surface area (Å²) >= 11 is 0. The van der Waals surface area contributed by atoms with E-state index in [4.69, 9.17) is 9.26 Å². The molecule has 7 nitrogen and oxygen atoms in total. The molecule has 1 spiro atoms. The Morgan fingerprint density at radius 2 is 2.08 bits per heavy atom. The molecule has 138 valence electrons. The van der Waals surface area contributed by atoms with Crippen LogP contribution in [0.5, 0.6) is 0 Å². The number of carbonyl (C=O) groups is 1. The summed E-state index contributed by atoms with van der Waals surface area (Å²) in [5.41, 5.74) is -0.204. The Hall–Kier alpha value is -1.47. The van der Waals surface area contributed by atoms with Gasteiger partial charge in [0, 0.05) is 38.8 Å². The normalized spacial score (nSPS) is 29.0. The molecule has 7 heteroatoms. The first-order valence-electron chi connectivity index (χ1n) is 9.63. The topological polar surface area (TPSA) is 71.7 Å². The highest BCUT2D eigenvalue weighted by Gasteiger charge is 2.49. The number of aromatic nitrogens is 2. The molecule has 25 heavy (non-hydrogen) atoms. The highest BCUT2D eigenvalue weighted by molar-refractivity contribution is 5.84. The van der Waals surface area contributed by atoms with Crippen molar-refractivity contribution >= 4 is 5.91 Å². The molecule has 0 unspecified atom stereocenters. The van der Waals surface area contributed by atoms with E-state index in [2.05, 4.69) is 19.9 Å². The van der Waals surface area contributed by atoms with Gasteiger partial charge in [-0.1, -0.05) is 12.1 Å². The van der Waals surface area contributed by atoms with E-state index in [1.807, 2.05) is 6.92 Å². The van der Waals surface area contributed by atoms with Crippen LogP contribution in [0.15, 0.2) is 4.52 Å². The number of aryl methyl sites for hydroxylation is 1. The molecule has 4 heterocycles. The maximum absolute atomic E-state index is 13.3. The van der Waals surface area contributed by atoms with E-state index in [1.165, 1.54) is 0 Å². The highest BCUT2D eigenvalue weighted by Crippen LogP contribution is 2.41. The van der Waals surface area contributed by atoms with E-state index in [0.29, 0.717) is 24.4 Å². The third-order valence-electron chi connectivity index (χ3n) is 6.02. The zero-order valence-corrected chi connectivity index (χ0v) is 15.1. The van der Waals surface area contributed by atoms with Gasteiger partial charge in [0.15, 0.2) is 5.82 Å². The van der Waals surface area contributed by atoms with Crippen LogP contribution in [0.2, 0.25) is 0 Å². The molecule has 1 amide bonds. The Bertz CT molecular complexity index is 613. The summed E-state index contributed by atoms with van der Waals surface area (Å²) < 4.78 is 10.8. The van der Waals surface area contributed by atoms with Gasteiger partial charge >= 0.3 is 0 Å². The van der Waals surface area contributed by atoms with Crippen molar-refractivity contribution in [3.63, 3.8) is 0 Å². The third-order valence-corrected chi connectivity index (χ3v) is 6.02. The minimum atomic E-state index is -0.204. The maximum atomic E-state index is 13.3. The number of nitrogens with zero attached hydrogens (tertiary/aromatic N) is 4. The summed E-state index contributed by atoms with van der Waals surface area (Å²) in [5, 5.41) is 3.97. The second-order valence-corrected chi connectivity index (χ2v) is 7.64. The molecule has 1 atom stereocenters. The van der Waals surface area contributed by atoms with E-state index >= 15 is 0 Å². The summed E-state index contributed by atoms with van der Waals surface area (Å²) in [6.45, 7) is 6.89. The number of hydrogen-bond acceptors (Lipinski definition) is 6. The molecule has 1 aromatic heterocycles. The first-order valence-corrected chi connectivity index (χ1v) is 9.63. The van der Waals surface area contributed by atoms with E-state index in [1.54, 1.807) is 0 Å². The summed E-state index contributed by atoms with van der Waals surface area (Å²) in [6.07, 6.45) is 5.80. The molecular weight excluding hydrogens is 320 g/mol. The smallest absolute Gasteiger partial charge is 0.240 e. The SMILES string of the molecule is CCc1noc(CN2CC[C@@]3(CCCN(C4CCOCC4)C3=O)C2)n1. The van der Waals surface area contributed by atoms with Crippen LogP contribution in [0.4, 0.5) is 0 Å². The molecule has 3 aliphatic rings. The number of piperidine rings is 1. The minimum Gasteiger partial charge on any atom is -0.381 e. The molecule has 0 aliphatic carbocycles. The van der Waals surface area contributed by atoms with Crippen molar-refractivity contribution in [1.29, 1.82) is 0 Å². The molecule has 3 aliphatic heterocycles. The number of hydrogen-bond donors (Lipinski definition) is 0. The lowest BCUT2D eigenvalue weighted by Crippen LogP contribution is -2.54. The lowest BCUT2D eigenvalue weighted by molar-refractivity contribution is -0.150. The van der Waals surface area contributed by atoms with Crippen molar-refractivity contribution in [2.24, 2.45) is 5.41 Å². The van der Waals surface area contributed by atoms with E-state index in [-0.39, 0.29) is 5.41 Å². The fraction of sp³-hybridized carbons (Fsp3) is 0.833. The molecule has 4 rings (SSSR count). The van der Waals surface area contributed by atoms with Crippen LogP contribution in [-0.2, 0) is 22.5 Å². The molecule has 0 aromatic carbocycles. The lowest BCUT2D eigenvalue weighted by Gasteiger charge is -2.44. The lowest BCUT2D eigenvalue weighted by atomic mass is 9.77. The number of likely N-dealkylation sites (tertiary alicyclic amines) is 2. The minimum absolute atomic E-state index is 0.204. The van der Waals surface area contributed by atoms with Crippen molar-refractivity contribution in [3.8, 4) is 0 Å². The Labute approximate surface area is 148 Å². The monoisotopic (exact) mass is 348 g/mol. The largest absolute Gasteiger partial charge is 0.381 e. The highest BCUT2D eigenvalue weighted by atomic mass is 16.5. The Morgan fingerprint density at radius 1 is 1.24 bits per heavy atom. The van der Waals surface area contributed by atoms with Crippen LogP contribution >= 0.6 is 0 Å². The average molecular weight is 348 g/mol. The summed E-state index contributed by atoms with van der Waals surface area (Å²) in [4.78, 5) is 22.2. The van der Waals surface area contributed by atoms with Crippen molar-refractivity contribution in [3.05, 3.63) is 11.7 Å². The standard InChI is InChI=1S/C18H28N4O3/c1-2-15-19-16(25-20-15)12-21-9-7-18(13-21)6-3-8-22(17(18)23)14-4-10-24-11-5-14/h14H,2-13H2,1H3/t18-/m0/s1. The summed E-state index contributed by atoms with van der Waals surface area (Å²) in [6, 6.07) is 0.371. The van der Waals surface area contributed by atoms with Gasteiger partial charge in [0.1, 0.15) is 0 Å². The number of carbonyl (C=O) groups excluding carboxylic acids is 1. The van der Waals surface area contributed by atoms with Gasteiger partial charge in [0.05, 0.1) is 12.0 Å². The van der Waals surface area contributed by atoms with Crippen molar-refractivity contribution < 1.29 is 14.1 Å². The molecule has 0 saturated carbocycles. The van der Waals surface area contributed by atoms with Crippen LogP contribution < -0.4 is 0 Å². The van der Waals surface area contributed by atoms with Crippen molar-refractivity contribution in [2.45, 2.75) is 58.0 Å². The van der Waals surface area contributed by atoms with Gasteiger partial charge in [-0.2, -0.15) is 4.98 Å². The molecule has 3 fully saturated rings. The van der Waals surface area contributed by atoms with E-state index in [9.17, 15) is 4.79 Å². The molecular formula is C18H28N4O3. The Kier molecular flexibility index (Phi) is 4.78. The van der Waals surface area contributed by atoms with Crippen LogP contribution in [-0.4, -0.2) is 64.7 Å². The van der Waals surface area contributed by atoms with Gasteiger partial charge in [-0.05, 0) is 38.6 Å². The number of amides is 1. The first kappa shape index (κ1) is 17.0. The second-order valence-electron chi connectivity index (χ2n) is 7.64. The Balaban J connectivity index is 1.41. The summed E-state index contributed by atoms with van der Waals surface area (Å²) in [5.74, 6) is 1.79. The van der Waals surface area contributed by atoms with Gasteiger partial charge in [0.2, 0.25) is 11.8 Å².